The second-order valence-electron chi connectivity index (χ2n) is 7.23. The fourth-order valence-electron chi connectivity index (χ4n) is 3.26. The lowest BCUT2D eigenvalue weighted by Gasteiger charge is -2.22. The molecule has 0 aliphatic carbocycles. The van der Waals surface area contributed by atoms with Gasteiger partial charge in [0.05, 0.1) is 27.7 Å². The molecule has 4 rings (SSSR count). The minimum absolute atomic E-state index is 0.133. The van der Waals surface area contributed by atoms with Crippen molar-refractivity contribution in [1.29, 1.82) is 0 Å². The zero-order valence-corrected chi connectivity index (χ0v) is 17.1. The highest BCUT2D eigenvalue weighted by molar-refractivity contribution is 7.15. The number of pyridine rings is 1. The van der Waals surface area contributed by atoms with E-state index in [1.54, 1.807) is 23.6 Å². The quantitative estimate of drug-likeness (QED) is 0.648. The Labute approximate surface area is 167 Å². The van der Waals surface area contributed by atoms with Crippen LogP contribution >= 0.6 is 11.3 Å². The Hall–Kier alpha value is -2.29. The van der Waals surface area contributed by atoms with Gasteiger partial charge in [-0.15, -0.1) is 11.3 Å². The first-order valence-electron chi connectivity index (χ1n) is 9.55. The Bertz CT molecular complexity index is 989. The minimum atomic E-state index is -0.396. The number of fused-ring (bicyclic) bond motifs is 1. The van der Waals surface area contributed by atoms with Crippen molar-refractivity contribution in [3.8, 4) is 10.6 Å². The molecule has 0 saturated carbocycles. The van der Waals surface area contributed by atoms with Gasteiger partial charge in [0.2, 0.25) is 0 Å². The summed E-state index contributed by atoms with van der Waals surface area (Å²) in [6.07, 6.45) is 4.13. The highest BCUT2D eigenvalue weighted by Gasteiger charge is 2.21. The summed E-state index contributed by atoms with van der Waals surface area (Å²) in [6, 6.07) is 6.02. The smallest absolute Gasteiger partial charge is 0.275 e. The van der Waals surface area contributed by atoms with Crippen molar-refractivity contribution in [2.45, 2.75) is 52.4 Å². The van der Waals surface area contributed by atoms with Crippen LogP contribution in [0.2, 0.25) is 0 Å². The predicted octanol–water partition coefficient (Wildman–Crippen LogP) is 4.24. The van der Waals surface area contributed by atoms with Crippen LogP contribution in [0.15, 0.2) is 24.4 Å². The fraction of sp³-hybridized carbons (Fsp3) is 0.450. The Morgan fingerprint density at radius 2 is 2.25 bits per heavy atom. The number of hydrogen-bond acceptors (Lipinski definition) is 6. The molecule has 1 aliphatic rings. The first kappa shape index (κ1) is 19.0. The van der Waals surface area contributed by atoms with Crippen molar-refractivity contribution in [1.82, 2.24) is 20.2 Å². The van der Waals surface area contributed by atoms with Crippen LogP contribution in [0.1, 0.15) is 54.4 Å². The largest absolute Gasteiger partial charge is 0.350 e. The van der Waals surface area contributed by atoms with Crippen LogP contribution in [0.25, 0.3) is 21.6 Å². The second kappa shape index (κ2) is 7.98. The van der Waals surface area contributed by atoms with E-state index in [0.29, 0.717) is 23.2 Å². The van der Waals surface area contributed by atoms with E-state index in [1.165, 1.54) is 4.88 Å². The molecule has 1 atom stereocenters. The van der Waals surface area contributed by atoms with Crippen molar-refractivity contribution in [2.75, 3.05) is 6.61 Å². The highest BCUT2D eigenvalue weighted by Crippen LogP contribution is 2.30. The molecule has 28 heavy (non-hydrogen) atoms. The van der Waals surface area contributed by atoms with Gasteiger partial charge in [-0.25, -0.2) is 20.0 Å². The highest BCUT2D eigenvalue weighted by atomic mass is 32.1. The van der Waals surface area contributed by atoms with Crippen molar-refractivity contribution in [3.63, 3.8) is 0 Å². The van der Waals surface area contributed by atoms with Crippen molar-refractivity contribution in [2.24, 2.45) is 0 Å². The van der Waals surface area contributed by atoms with Crippen LogP contribution in [-0.4, -0.2) is 33.6 Å². The van der Waals surface area contributed by atoms with Gasteiger partial charge in [0, 0.05) is 23.9 Å². The number of hydroxylamine groups is 1. The molecule has 4 heterocycles. The average Bonchev–Trinajstić information content (AvgIpc) is 3.32. The maximum absolute atomic E-state index is 12.9. The summed E-state index contributed by atoms with van der Waals surface area (Å²) in [5.41, 5.74) is 4.50. The summed E-state index contributed by atoms with van der Waals surface area (Å²) in [6.45, 7) is 6.79. The molecule has 1 aliphatic heterocycles. The number of aryl methyl sites for hydroxylation is 1. The Kier molecular flexibility index (Phi) is 5.43. The van der Waals surface area contributed by atoms with Crippen molar-refractivity contribution < 1.29 is 14.4 Å². The molecule has 7 nitrogen and oxygen atoms in total. The molecular formula is C20H24N4O3S. The number of hydrogen-bond donors (Lipinski definition) is 1. The van der Waals surface area contributed by atoms with E-state index in [2.05, 4.69) is 23.6 Å². The molecule has 1 unspecified atom stereocenters. The van der Waals surface area contributed by atoms with E-state index in [9.17, 15) is 4.79 Å². The zero-order valence-electron chi connectivity index (χ0n) is 16.3. The number of thiophene rings is 1. The molecular weight excluding hydrogens is 376 g/mol. The van der Waals surface area contributed by atoms with Gasteiger partial charge in [-0.3, -0.25) is 4.79 Å². The Morgan fingerprint density at radius 1 is 1.39 bits per heavy atom. The van der Waals surface area contributed by atoms with Crippen LogP contribution in [0.5, 0.6) is 0 Å². The molecule has 1 saturated heterocycles. The number of rotatable bonds is 5. The van der Waals surface area contributed by atoms with Crippen LogP contribution in [-0.2, 0) is 9.57 Å². The van der Waals surface area contributed by atoms with Gasteiger partial charge in [0.15, 0.2) is 11.9 Å². The van der Waals surface area contributed by atoms with Gasteiger partial charge in [0.25, 0.3) is 5.91 Å². The Morgan fingerprint density at radius 3 is 2.93 bits per heavy atom. The molecule has 1 N–H and O–H groups in total. The van der Waals surface area contributed by atoms with Crippen molar-refractivity contribution in [3.05, 3.63) is 34.8 Å². The summed E-state index contributed by atoms with van der Waals surface area (Å²) in [4.78, 5) is 25.4. The van der Waals surface area contributed by atoms with E-state index >= 15 is 0 Å². The molecule has 3 aromatic heterocycles. The lowest BCUT2D eigenvalue weighted by atomic mass is 10.1. The second-order valence-corrected chi connectivity index (χ2v) is 8.52. The van der Waals surface area contributed by atoms with Crippen LogP contribution in [0.4, 0.5) is 0 Å². The number of nitrogens with one attached hydrogen (secondary N) is 1. The number of aromatic nitrogens is 3. The summed E-state index contributed by atoms with van der Waals surface area (Å²) >= 11 is 1.65. The zero-order chi connectivity index (χ0) is 19.7. The number of carbonyl (C=O) groups is 1. The molecule has 8 heteroatoms. The van der Waals surface area contributed by atoms with Crippen LogP contribution < -0.4 is 5.48 Å². The van der Waals surface area contributed by atoms with Gasteiger partial charge < -0.3 is 4.74 Å². The van der Waals surface area contributed by atoms with E-state index in [1.807, 2.05) is 24.6 Å². The van der Waals surface area contributed by atoms with E-state index < -0.39 is 6.29 Å². The SMILES string of the molecule is Cc1ccc(-c2cc(C(=O)NOC3CCCCO3)c3cnn(C(C)C)c3n2)s1. The van der Waals surface area contributed by atoms with Gasteiger partial charge >= 0.3 is 0 Å². The normalized spacial score (nSPS) is 17.4. The van der Waals surface area contributed by atoms with E-state index in [0.717, 1.165) is 29.8 Å². The van der Waals surface area contributed by atoms with Crippen LogP contribution in [0, 0.1) is 6.92 Å². The number of carbonyl (C=O) groups excluding carboxylic acids is 1. The molecule has 0 radical (unpaired) electrons. The van der Waals surface area contributed by atoms with Gasteiger partial charge in [-0.1, -0.05) is 0 Å². The third kappa shape index (κ3) is 3.80. The fourth-order valence-corrected chi connectivity index (χ4v) is 4.09. The van der Waals surface area contributed by atoms with Gasteiger partial charge in [-0.2, -0.15) is 5.10 Å². The summed E-state index contributed by atoms with van der Waals surface area (Å²) < 4.78 is 7.35. The molecule has 1 fully saturated rings. The number of ether oxygens (including phenoxy) is 1. The van der Waals surface area contributed by atoms with E-state index in [-0.39, 0.29) is 11.9 Å². The third-order valence-electron chi connectivity index (χ3n) is 4.71. The number of amides is 1. The maximum Gasteiger partial charge on any atom is 0.275 e. The molecule has 0 spiro atoms. The van der Waals surface area contributed by atoms with E-state index in [4.69, 9.17) is 14.6 Å². The monoisotopic (exact) mass is 400 g/mol. The summed E-state index contributed by atoms with van der Waals surface area (Å²) in [5.74, 6) is -0.320. The molecule has 0 bridgehead atoms. The lowest BCUT2D eigenvalue weighted by molar-refractivity contribution is -0.186. The van der Waals surface area contributed by atoms with Gasteiger partial charge in [0.1, 0.15) is 0 Å². The minimum Gasteiger partial charge on any atom is -0.350 e. The predicted molar refractivity (Wildman–Crippen MR) is 108 cm³/mol. The lowest BCUT2D eigenvalue weighted by Crippen LogP contribution is -2.33. The van der Waals surface area contributed by atoms with Crippen molar-refractivity contribution >= 4 is 28.3 Å². The molecule has 0 aromatic carbocycles. The molecule has 1 amide bonds. The summed E-state index contributed by atoms with van der Waals surface area (Å²) in [7, 11) is 0. The first-order valence-corrected chi connectivity index (χ1v) is 10.4. The summed E-state index contributed by atoms with van der Waals surface area (Å²) in [5, 5.41) is 5.14. The average molecular weight is 401 g/mol. The topological polar surface area (TPSA) is 78.3 Å². The maximum atomic E-state index is 12.9. The molecule has 3 aromatic rings. The van der Waals surface area contributed by atoms with Gasteiger partial charge in [-0.05, 0) is 51.8 Å². The standard InChI is InChI=1S/C20H24N4O3S/c1-12(2)24-19-15(11-21-24)14(10-16(22-19)17-8-7-13(3)28-17)20(25)23-27-18-6-4-5-9-26-18/h7-8,10-12,18H,4-6,9H2,1-3H3,(H,23,25). The Balaban J connectivity index is 1.70. The number of nitrogens with zero attached hydrogens (tertiary/aromatic N) is 3. The van der Waals surface area contributed by atoms with Crippen LogP contribution in [0.3, 0.4) is 0 Å². The first-order chi connectivity index (χ1) is 13.5. The third-order valence-corrected chi connectivity index (χ3v) is 5.74. The molecule has 148 valence electrons.